The molecule has 11 heteroatoms. The van der Waals surface area contributed by atoms with Crippen LogP contribution in [0.15, 0.2) is 53.1 Å². The third-order valence-corrected chi connectivity index (χ3v) is 8.09. The lowest BCUT2D eigenvalue weighted by Crippen LogP contribution is -2.56. The summed E-state index contributed by atoms with van der Waals surface area (Å²) in [5.41, 5.74) is 0.877. The molecule has 2 aromatic heterocycles. The zero-order valence-corrected chi connectivity index (χ0v) is 22.9. The molecule has 2 N–H and O–H groups in total. The van der Waals surface area contributed by atoms with Gasteiger partial charge in [0.15, 0.2) is 5.76 Å². The normalized spacial score (nSPS) is 19.9. The molecule has 1 atom stereocenters. The van der Waals surface area contributed by atoms with Crippen LogP contribution >= 0.6 is 11.8 Å². The highest BCUT2D eigenvalue weighted by atomic mass is 32.2. The highest BCUT2D eigenvalue weighted by Gasteiger charge is 2.44. The molecule has 1 spiro atoms. The van der Waals surface area contributed by atoms with E-state index in [0.29, 0.717) is 69.8 Å². The largest absolute Gasteiger partial charge is 0.455 e. The molecule has 4 heterocycles. The lowest BCUT2D eigenvalue weighted by atomic mass is 9.73. The van der Waals surface area contributed by atoms with E-state index in [1.54, 1.807) is 27.4 Å². The van der Waals surface area contributed by atoms with Gasteiger partial charge in [-0.05, 0) is 43.2 Å². The number of piperidine rings is 1. The van der Waals surface area contributed by atoms with Gasteiger partial charge < -0.3 is 20.0 Å². The van der Waals surface area contributed by atoms with Crippen LogP contribution in [0.4, 0.5) is 0 Å². The molecular formula is C28H34N6O4S. The molecule has 1 fully saturated rings. The number of carbonyl (C=O) groups excluding carboxylic acids is 3. The fourth-order valence-corrected chi connectivity index (χ4v) is 5.75. The van der Waals surface area contributed by atoms with Crippen molar-refractivity contribution in [3.05, 3.63) is 71.4 Å². The molecular weight excluding hydrogens is 516 g/mol. The number of benzene rings is 1. The van der Waals surface area contributed by atoms with Crippen molar-refractivity contribution in [2.24, 2.45) is 5.41 Å². The van der Waals surface area contributed by atoms with Crippen LogP contribution in [0.25, 0.3) is 0 Å². The third-order valence-electron chi connectivity index (χ3n) is 7.52. The number of nitrogens with zero attached hydrogens (tertiary/aromatic N) is 4. The first-order valence-corrected chi connectivity index (χ1v) is 14.7. The Morgan fingerprint density at radius 1 is 1.13 bits per heavy atom. The van der Waals surface area contributed by atoms with Crippen LogP contribution in [0.2, 0.25) is 0 Å². The van der Waals surface area contributed by atoms with Gasteiger partial charge in [0.2, 0.25) is 11.8 Å². The fourth-order valence-electron chi connectivity index (χ4n) is 5.31. The highest BCUT2D eigenvalue weighted by Crippen LogP contribution is 2.36. The van der Waals surface area contributed by atoms with E-state index >= 15 is 0 Å². The Morgan fingerprint density at radius 2 is 1.92 bits per heavy atom. The van der Waals surface area contributed by atoms with Gasteiger partial charge in [-0.15, -0.1) is 5.10 Å². The summed E-state index contributed by atoms with van der Waals surface area (Å²) in [6.07, 6.45) is 6.23. The van der Waals surface area contributed by atoms with Gasteiger partial charge in [0.05, 0.1) is 16.9 Å². The molecule has 39 heavy (non-hydrogen) atoms. The van der Waals surface area contributed by atoms with Crippen molar-refractivity contribution in [2.75, 3.05) is 25.9 Å². The number of nitrogens with one attached hydrogen (secondary N) is 2. The molecule has 206 valence electrons. The maximum atomic E-state index is 14.0. The highest BCUT2D eigenvalue weighted by molar-refractivity contribution is 7.97. The molecule has 0 aliphatic carbocycles. The van der Waals surface area contributed by atoms with E-state index < -0.39 is 11.5 Å². The zero-order valence-electron chi connectivity index (χ0n) is 22.1. The van der Waals surface area contributed by atoms with Crippen LogP contribution in [0, 0.1) is 5.41 Å². The first-order valence-electron chi connectivity index (χ1n) is 13.3. The Bertz CT molecular complexity index is 1300. The second kappa shape index (κ2) is 12.1. The van der Waals surface area contributed by atoms with Crippen LogP contribution in [0.1, 0.15) is 46.8 Å². The maximum Gasteiger partial charge on any atom is 0.289 e. The minimum Gasteiger partial charge on any atom is -0.455 e. The second-order valence-electron chi connectivity index (χ2n) is 10.3. The van der Waals surface area contributed by atoms with Gasteiger partial charge in [-0.1, -0.05) is 35.5 Å². The van der Waals surface area contributed by atoms with Crippen molar-refractivity contribution in [3.63, 3.8) is 0 Å². The summed E-state index contributed by atoms with van der Waals surface area (Å²) in [5.74, 6) is 1.21. The lowest BCUT2D eigenvalue weighted by Gasteiger charge is -2.40. The topological polar surface area (TPSA) is 122 Å². The van der Waals surface area contributed by atoms with Crippen LogP contribution in [0.3, 0.4) is 0 Å². The summed E-state index contributed by atoms with van der Waals surface area (Å²) in [6, 6.07) is 12.5. The molecule has 10 nitrogen and oxygen atoms in total. The van der Waals surface area contributed by atoms with Gasteiger partial charge in [-0.3, -0.25) is 19.1 Å². The van der Waals surface area contributed by atoms with Crippen LogP contribution in [-0.2, 0) is 34.7 Å². The summed E-state index contributed by atoms with van der Waals surface area (Å²) >= 11 is 1.63. The summed E-state index contributed by atoms with van der Waals surface area (Å²) in [5, 5.41) is 14.6. The number of thioether (sulfide) groups is 1. The van der Waals surface area contributed by atoms with Crippen molar-refractivity contribution < 1.29 is 18.8 Å². The Morgan fingerprint density at radius 3 is 2.69 bits per heavy atom. The number of furan rings is 1. The molecule has 3 amide bonds. The van der Waals surface area contributed by atoms with Crippen molar-refractivity contribution in [2.45, 2.75) is 50.4 Å². The fraction of sp³-hybridized carbons (Fsp3) is 0.464. The monoisotopic (exact) mass is 550 g/mol. The second-order valence-corrected chi connectivity index (χ2v) is 11.1. The Kier molecular flexibility index (Phi) is 8.35. The number of amides is 3. The predicted molar refractivity (Wildman–Crippen MR) is 147 cm³/mol. The van der Waals surface area contributed by atoms with Crippen molar-refractivity contribution >= 4 is 29.5 Å². The predicted octanol–water partition coefficient (Wildman–Crippen LogP) is 2.45. The number of aromatic nitrogens is 3. The molecule has 2 bridgehead atoms. The van der Waals surface area contributed by atoms with E-state index in [2.05, 4.69) is 20.9 Å². The first kappa shape index (κ1) is 27.0. The minimum absolute atomic E-state index is 0.172. The number of hydrogen-bond acceptors (Lipinski definition) is 7. The average molecular weight is 551 g/mol. The molecule has 3 aromatic rings. The summed E-state index contributed by atoms with van der Waals surface area (Å²) in [7, 11) is 0. The van der Waals surface area contributed by atoms with Crippen LogP contribution in [0.5, 0.6) is 0 Å². The quantitative estimate of drug-likeness (QED) is 0.500. The number of hydrogen-bond donors (Lipinski definition) is 2. The summed E-state index contributed by atoms with van der Waals surface area (Å²) in [6.45, 7) is 1.89. The molecule has 2 aliphatic rings. The number of fused-ring (bicyclic) bond motifs is 2. The number of aryl methyl sites for hydroxylation is 1. The lowest BCUT2D eigenvalue weighted by molar-refractivity contribution is -0.137. The number of carbonyl (C=O) groups is 3. The van der Waals surface area contributed by atoms with Gasteiger partial charge in [-0.25, -0.2) is 0 Å². The van der Waals surface area contributed by atoms with Crippen molar-refractivity contribution in [1.29, 1.82) is 0 Å². The first-order chi connectivity index (χ1) is 19.0. The Balaban J connectivity index is 1.37. The maximum absolute atomic E-state index is 14.0. The van der Waals surface area contributed by atoms with Crippen LogP contribution in [-0.4, -0.2) is 69.5 Å². The summed E-state index contributed by atoms with van der Waals surface area (Å²) < 4.78 is 7.50. The minimum atomic E-state index is -0.825. The van der Waals surface area contributed by atoms with E-state index in [1.807, 2.05) is 48.9 Å². The Labute approximate surface area is 231 Å². The average Bonchev–Trinajstić information content (AvgIpc) is 3.60. The molecule has 2 aliphatic heterocycles. The molecule has 0 saturated carbocycles. The Hall–Kier alpha value is -3.60. The van der Waals surface area contributed by atoms with E-state index in [1.165, 1.54) is 0 Å². The van der Waals surface area contributed by atoms with Gasteiger partial charge >= 0.3 is 0 Å². The van der Waals surface area contributed by atoms with Crippen LogP contribution < -0.4 is 10.6 Å². The zero-order chi connectivity index (χ0) is 27.2. The molecule has 0 radical (unpaired) electrons. The SMILES string of the molecule is CSCc1ccc(C(=O)N2CCC3(CC2)Cc2cn(nn2)CCCNC(=O)[C@H](Cc2ccccc2)NC3=O)o1. The van der Waals surface area contributed by atoms with Crippen molar-refractivity contribution in [3.8, 4) is 0 Å². The summed E-state index contributed by atoms with van der Waals surface area (Å²) in [4.78, 5) is 42.1. The van der Waals surface area contributed by atoms with E-state index in [0.717, 1.165) is 17.0 Å². The smallest absolute Gasteiger partial charge is 0.289 e. The third kappa shape index (κ3) is 6.35. The molecule has 1 aromatic carbocycles. The number of rotatable bonds is 5. The van der Waals surface area contributed by atoms with E-state index in [4.69, 9.17) is 4.42 Å². The van der Waals surface area contributed by atoms with Gasteiger partial charge in [0, 0.05) is 45.2 Å². The van der Waals surface area contributed by atoms with E-state index in [-0.39, 0.29) is 17.7 Å². The number of likely N-dealkylation sites (tertiary alicyclic amines) is 1. The molecule has 0 unspecified atom stereocenters. The van der Waals surface area contributed by atoms with Gasteiger partial charge in [0.1, 0.15) is 11.8 Å². The van der Waals surface area contributed by atoms with Gasteiger partial charge in [0.25, 0.3) is 5.91 Å². The molecule has 1 saturated heterocycles. The van der Waals surface area contributed by atoms with E-state index in [9.17, 15) is 14.4 Å². The molecule has 5 rings (SSSR count). The van der Waals surface area contributed by atoms with Gasteiger partial charge in [-0.2, -0.15) is 11.8 Å². The van der Waals surface area contributed by atoms with Crippen molar-refractivity contribution in [1.82, 2.24) is 30.5 Å². The standard InChI is InChI=1S/C28H34N6O4S/c1-39-19-22-8-9-24(38-22)26(36)33-14-10-28(11-15-33)17-21-18-34(32-31-21)13-5-12-29-25(35)23(30-27(28)37)16-20-6-3-2-4-7-20/h2-4,6-9,18,23H,5,10-17,19H2,1H3,(H,29,35)(H,30,37)/t23-/m0/s1.